The first-order valence-electron chi connectivity index (χ1n) is 11.0. The third kappa shape index (κ3) is 3.92. The van der Waals surface area contributed by atoms with Crippen LogP contribution in [0.3, 0.4) is 0 Å². The van der Waals surface area contributed by atoms with Crippen molar-refractivity contribution in [2.75, 3.05) is 13.1 Å². The maximum Gasteiger partial charge on any atom is 0.337 e. The Hall–Kier alpha value is -3.22. The van der Waals surface area contributed by atoms with E-state index in [1.807, 2.05) is 11.0 Å². The van der Waals surface area contributed by atoms with Gasteiger partial charge in [-0.1, -0.05) is 31.5 Å². The normalized spacial score (nSPS) is 14.2. The first-order valence-corrected chi connectivity index (χ1v) is 11.0. The van der Waals surface area contributed by atoms with Crippen LogP contribution in [0.25, 0.3) is 16.7 Å². The van der Waals surface area contributed by atoms with Crippen LogP contribution in [0.4, 0.5) is 0 Å². The Bertz CT molecular complexity index is 1220. The van der Waals surface area contributed by atoms with Crippen molar-refractivity contribution >= 4 is 16.9 Å². The summed E-state index contributed by atoms with van der Waals surface area (Å²) in [6, 6.07) is 10.5. The summed E-state index contributed by atoms with van der Waals surface area (Å²) in [4.78, 5) is 46.3. The molecule has 2 aromatic heterocycles. The number of amides is 1. The molecule has 31 heavy (non-hydrogen) atoms. The lowest BCUT2D eigenvalue weighted by molar-refractivity contribution is 0.0723. The third-order valence-electron chi connectivity index (χ3n) is 5.93. The average Bonchev–Trinajstić information content (AvgIpc) is 2.80. The minimum atomic E-state index is -0.445. The predicted molar refractivity (Wildman–Crippen MR) is 121 cm³/mol. The van der Waals surface area contributed by atoms with Crippen molar-refractivity contribution in [2.45, 2.75) is 52.5 Å². The molecule has 1 saturated heterocycles. The van der Waals surface area contributed by atoms with Crippen molar-refractivity contribution in [3.05, 3.63) is 68.5 Å². The van der Waals surface area contributed by atoms with E-state index < -0.39 is 11.2 Å². The van der Waals surface area contributed by atoms with E-state index in [-0.39, 0.29) is 5.91 Å². The van der Waals surface area contributed by atoms with E-state index in [9.17, 15) is 14.4 Å². The summed E-state index contributed by atoms with van der Waals surface area (Å²) < 4.78 is 2.75. The molecule has 0 bridgehead atoms. The highest BCUT2D eigenvalue weighted by atomic mass is 16.2. The SMILES string of the molecule is CCCCn1c(=O)n(-c2ccccc2)c(=O)c2cc(C(=O)N3CCCCC3)c(C)nc21. The summed E-state index contributed by atoms with van der Waals surface area (Å²) in [5, 5.41) is 0.297. The van der Waals surface area contributed by atoms with Gasteiger partial charge in [0.2, 0.25) is 0 Å². The highest BCUT2D eigenvalue weighted by molar-refractivity contribution is 5.98. The van der Waals surface area contributed by atoms with Crippen molar-refractivity contribution in [2.24, 2.45) is 0 Å². The van der Waals surface area contributed by atoms with E-state index in [2.05, 4.69) is 11.9 Å². The molecule has 0 atom stereocenters. The van der Waals surface area contributed by atoms with Crippen LogP contribution >= 0.6 is 0 Å². The number of likely N-dealkylation sites (tertiary alicyclic amines) is 1. The van der Waals surface area contributed by atoms with Gasteiger partial charge in [-0.25, -0.2) is 14.3 Å². The number of fused-ring (bicyclic) bond motifs is 1. The molecule has 0 unspecified atom stereocenters. The molecule has 3 heterocycles. The summed E-state index contributed by atoms with van der Waals surface area (Å²) in [5.74, 6) is -0.0939. The minimum absolute atomic E-state index is 0.0939. The Morgan fingerprint density at radius 1 is 1.06 bits per heavy atom. The van der Waals surface area contributed by atoms with Gasteiger partial charge in [-0.15, -0.1) is 0 Å². The number of hydrogen-bond donors (Lipinski definition) is 0. The second-order valence-electron chi connectivity index (χ2n) is 8.11. The van der Waals surface area contributed by atoms with Gasteiger partial charge in [0.25, 0.3) is 11.5 Å². The van der Waals surface area contributed by atoms with Crippen molar-refractivity contribution in [1.82, 2.24) is 19.0 Å². The van der Waals surface area contributed by atoms with Crippen molar-refractivity contribution in [1.29, 1.82) is 0 Å². The van der Waals surface area contributed by atoms with Crippen LogP contribution < -0.4 is 11.2 Å². The Kier molecular flexibility index (Phi) is 6.02. The first kappa shape index (κ1) is 21.0. The number of hydrogen-bond acceptors (Lipinski definition) is 4. The molecular weight excluding hydrogens is 392 g/mol. The highest BCUT2D eigenvalue weighted by Crippen LogP contribution is 2.19. The van der Waals surface area contributed by atoms with Crippen LogP contribution in [0.15, 0.2) is 46.0 Å². The molecule has 7 nitrogen and oxygen atoms in total. The molecule has 0 aliphatic carbocycles. The van der Waals surface area contributed by atoms with Gasteiger partial charge in [0.1, 0.15) is 5.65 Å². The molecule has 4 rings (SSSR count). The number of carbonyl (C=O) groups excluding carboxylic acids is 1. The van der Waals surface area contributed by atoms with E-state index in [0.29, 0.717) is 34.5 Å². The van der Waals surface area contributed by atoms with Crippen LogP contribution in [0.5, 0.6) is 0 Å². The molecule has 0 N–H and O–H groups in total. The topological polar surface area (TPSA) is 77.2 Å². The quantitative estimate of drug-likeness (QED) is 0.635. The predicted octanol–water partition coefficient (Wildman–Crippen LogP) is 3.28. The van der Waals surface area contributed by atoms with Crippen LogP contribution in [0.2, 0.25) is 0 Å². The summed E-state index contributed by atoms with van der Waals surface area (Å²) in [7, 11) is 0. The number of aromatic nitrogens is 3. The molecule has 0 saturated carbocycles. The molecule has 1 aromatic carbocycles. The van der Waals surface area contributed by atoms with E-state index in [1.165, 1.54) is 4.57 Å². The maximum atomic E-state index is 13.4. The van der Waals surface area contributed by atoms with E-state index in [0.717, 1.165) is 45.2 Å². The number of unbranched alkanes of at least 4 members (excludes halogenated alkanes) is 1. The van der Waals surface area contributed by atoms with Gasteiger partial charge in [-0.05, 0) is 50.8 Å². The maximum absolute atomic E-state index is 13.4. The molecule has 1 aliphatic rings. The Morgan fingerprint density at radius 2 is 1.77 bits per heavy atom. The smallest absolute Gasteiger partial charge is 0.337 e. The van der Waals surface area contributed by atoms with Gasteiger partial charge in [-0.2, -0.15) is 0 Å². The zero-order chi connectivity index (χ0) is 22.0. The standard InChI is InChI=1S/C24H28N4O3/c1-3-4-15-27-21-20(23(30)28(24(27)31)18-11-7-5-8-12-18)16-19(17(2)25-21)22(29)26-13-9-6-10-14-26/h5,7-8,11-12,16H,3-4,6,9-10,13-15H2,1-2H3. The zero-order valence-electron chi connectivity index (χ0n) is 18.1. The van der Waals surface area contributed by atoms with Gasteiger partial charge in [-0.3, -0.25) is 14.2 Å². The van der Waals surface area contributed by atoms with E-state index >= 15 is 0 Å². The molecule has 1 fully saturated rings. The number of aryl methyl sites for hydroxylation is 2. The van der Waals surface area contributed by atoms with Crippen molar-refractivity contribution < 1.29 is 4.79 Å². The fourth-order valence-corrected chi connectivity index (χ4v) is 4.18. The summed E-state index contributed by atoms with van der Waals surface area (Å²) >= 11 is 0. The third-order valence-corrected chi connectivity index (χ3v) is 5.93. The first-order chi connectivity index (χ1) is 15.0. The van der Waals surface area contributed by atoms with Crippen LogP contribution in [0, 0.1) is 6.92 Å². The Balaban J connectivity index is 1.96. The Labute approximate surface area is 181 Å². The van der Waals surface area contributed by atoms with Crippen molar-refractivity contribution in [3.63, 3.8) is 0 Å². The number of pyridine rings is 1. The van der Waals surface area contributed by atoms with E-state index in [4.69, 9.17) is 0 Å². The highest BCUT2D eigenvalue weighted by Gasteiger charge is 2.23. The molecule has 1 aliphatic heterocycles. The number of piperidine rings is 1. The number of para-hydroxylation sites is 1. The largest absolute Gasteiger partial charge is 0.339 e. The van der Waals surface area contributed by atoms with Gasteiger partial charge in [0, 0.05) is 19.6 Å². The zero-order valence-corrected chi connectivity index (χ0v) is 18.1. The number of nitrogens with zero attached hydrogens (tertiary/aromatic N) is 4. The second-order valence-corrected chi connectivity index (χ2v) is 8.11. The summed E-state index contributed by atoms with van der Waals surface area (Å²) in [5.41, 5.74) is 0.993. The molecule has 1 amide bonds. The van der Waals surface area contributed by atoms with Crippen molar-refractivity contribution in [3.8, 4) is 5.69 Å². The monoisotopic (exact) mass is 420 g/mol. The number of rotatable bonds is 5. The second kappa shape index (κ2) is 8.88. The lowest BCUT2D eigenvalue weighted by atomic mass is 10.1. The lowest BCUT2D eigenvalue weighted by Crippen LogP contribution is -2.40. The summed E-state index contributed by atoms with van der Waals surface area (Å²) in [6.07, 6.45) is 4.80. The minimum Gasteiger partial charge on any atom is -0.339 e. The molecule has 3 aromatic rings. The van der Waals surface area contributed by atoms with Gasteiger partial charge < -0.3 is 4.90 Å². The molecule has 162 valence electrons. The fourth-order valence-electron chi connectivity index (χ4n) is 4.18. The lowest BCUT2D eigenvalue weighted by Gasteiger charge is -2.27. The van der Waals surface area contributed by atoms with Gasteiger partial charge in [0.05, 0.1) is 22.3 Å². The summed E-state index contributed by atoms with van der Waals surface area (Å²) in [6.45, 7) is 5.73. The van der Waals surface area contributed by atoms with Gasteiger partial charge in [0.15, 0.2) is 0 Å². The fraction of sp³-hybridized carbons (Fsp3) is 0.417. The number of benzene rings is 1. The van der Waals surface area contributed by atoms with Crippen LogP contribution in [0.1, 0.15) is 55.1 Å². The molecule has 0 radical (unpaired) electrons. The Morgan fingerprint density at radius 3 is 2.45 bits per heavy atom. The van der Waals surface area contributed by atoms with Gasteiger partial charge >= 0.3 is 5.69 Å². The van der Waals surface area contributed by atoms with Crippen LogP contribution in [-0.4, -0.2) is 38.0 Å². The van der Waals surface area contributed by atoms with Crippen LogP contribution in [-0.2, 0) is 6.54 Å². The number of carbonyl (C=O) groups is 1. The molecular formula is C24H28N4O3. The molecule has 7 heteroatoms. The molecule has 0 spiro atoms. The van der Waals surface area contributed by atoms with E-state index in [1.54, 1.807) is 41.8 Å². The average molecular weight is 421 g/mol.